The van der Waals surface area contributed by atoms with Crippen molar-refractivity contribution in [2.75, 3.05) is 35.8 Å². The third kappa shape index (κ3) is 2.74. The van der Waals surface area contributed by atoms with E-state index in [1.165, 1.54) is 0 Å². The number of anilines is 3. The smallest absolute Gasteiger partial charge is 0.265 e. The topological polar surface area (TPSA) is 74.5 Å². The molecule has 0 saturated carbocycles. The average Bonchev–Trinajstić information content (AvgIpc) is 2.91. The number of rotatable bonds is 3. The molecule has 1 atom stereocenters. The Kier molecular flexibility index (Phi) is 3.70. The van der Waals surface area contributed by atoms with Crippen LogP contribution < -0.4 is 15.1 Å². The first-order chi connectivity index (χ1) is 10.5. The lowest BCUT2D eigenvalue weighted by molar-refractivity contribution is -0.119. The highest BCUT2D eigenvalue weighted by Gasteiger charge is 2.26. The summed E-state index contributed by atoms with van der Waals surface area (Å²) in [6.07, 6.45) is 0. The summed E-state index contributed by atoms with van der Waals surface area (Å²) in [5.41, 5.74) is 1.77. The molecular formula is C15H19N5O2. The lowest BCUT2D eigenvalue weighted by Gasteiger charge is -2.23. The van der Waals surface area contributed by atoms with Gasteiger partial charge in [-0.25, -0.2) is 0 Å². The van der Waals surface area contributed by atoms with Gasteiger partial charge in [0.1, 0.15) is 0 Å². The van der Waals surface area contributed by atoms with Crippen LogP contribution in [0.1, 0.15) is 12.8 Å². The molecule has 1 aromatic heterocycles. The fourth-order valence-electron chi connectivity index (χ4n) is 2.43. The Morgan fingerprint density at radius 1 is 1.41 bits per heavy atom. The summed E-state index contributed by atoms with van der Waals surface area (Å²) >= 11 is 0. The van der Waals surface area contributed by atoms with Gasteiger partial charge in [-0.1, -0.05) is 19.1 Å². The maximum atomic E-state index is 12.1. The highest BCUT2D eigenvalue weighted by atomic mass is 16.5. The molecule has 22 heavy (non-hydrogen) atoms. The van der Waals surface area contributed by atoms with Crippen molar-refractivity contribution in [3.8, 4) is 0 Å². The molecule has 2 heterocycles. The third-order valence-corrected chi connectivity index (χ3v) is 3.63. The first kappa shape index (κ1) is 14.4. The summed E-state index contributed by atoms with van der Waals surface area (Å²) in [4.78, 5) is 20.3. The Balaban J connectivity index is 1.89. The van der Waals surface area contributed by atoms with Crippen LogP contribution in [0.3, 0.4) is 0 Å². The first-order valence-electron chi connectivity index (χ1n) is 7.19. The number of fused-ring (bicyclic) bond motifs is 1. The molecule has 0 bridgehead atoms. The van der Waals surface area contributed by atoms with Crippen LogP contribution in [0.4, 0.5) is 17.3 Å². The molecule has 1 aliphatic rings. The lowest BCUT2D eigenvalue weighted by atomic mass is 10.1. The van der Waals surface area contributed by atoms with E-state index in [-0.39, 0.29) is 11.8 Å². The number of amides is 1. The number of nitrogens with one attached hydrogen (secondary N) is 1. The van der Waals surface area contributed by atoms with Crippen LogP contribution in [0, 0.1) is 5.92 Å². The molecule has 0 saturated heterocycles. The molecule has 116 valence electrons. The molecule has 1 aromatic carbocycles. The standard InChI is InChI=1S/C15H19N5O2/c1-10-8-20(9-13-17-15(18-22-13)19(2)3)12-7-5-4-6-11(12)16-14(10)21/h4-7,10H,8-9H2,1-3H3,(H,16,21). The van der Waals surface area contributed by atoms with Crippen molar-refractivity contribution in [2.24, 2.45) is 5.92 Å². The molecule has 2 aromatic rings. The number of nitrogens with zero attached hydrogens (tertiary/aromatic N) is 4. The second kappa shape index (κ2) is 5.67. The fourth-order valence-corrected chi connectivity index (χ4v) is 2.43. The Hall–Kier alpha value is -2.57. The van der Waals surface area contributed by atoms with Crippen LogP contribution >= 0.6 is 0 Å². The van der Waals surface area contributed by atoms with E-state index in [4.69, 9.17) is 4.52 Å². The quantitative estimate of drug-likeness (QED) is 0.930. The van der Waals surface area contributed by atoms with Crippen LogP contribution in [0.2, 0.25) is 0 Å². The number of aromatic nitrogens is 2. The van der Waals surface area contributed by atoms with Crippen molar-refractivity contribution in [2.45, 2.75) is 13.5 Å². The minimum Gasteiger partial charge on any atom is -0.360 e. The molecule has 0 fully saturated rings. The molecule has 1 aliphatic heterocycles. The minimum absolute atomic E-state index is 0.0226. The molecule has 3 rings (SSSR count). The van der Waals surface area contributed by atoms with Gasteiger partial charge in [0.15, 0.2) is 0 Å². The second-order valence-corrected chi connectivity index (χ2v) is 5.67. The summed E-state index contributed by atoms with van der Waals surface area (Å²) < 4.78 is 5.30. The summed E-state index contributed by atoms with van der Waals surface area (Å²) in [6, 6.07) is 7.74. The third-order valence-electron chi connectivity index (χ3n) is 3.63. The molecule has 7 nitrogen and oxygen atoms in total. The predicted octanol–water partition coefficient (Wildman–Crippen LogP) is 1.73. The highest BCUT2D eigenvalue weighted by Crippen LogP contribution is 2.30. The Morgan fingerprint density at radius 3 is 2.91 bits per heavy atom. The van der Waals surface area contributed by atoms with E-state index in [1.54, 1.807) is 4.90 Å². The highest BCUT2D eigenvalue weighted by molar-refractivity contribution is 5.97. The number of para-hydroxylation sites is 2. The lowest BCUT2D eigenvalue weighted by Crippen LogP contribution is -2.30. The van der Waals surface area contributed by atoms with Crippen molar-refractivity contribution in [1.82, 2.24) is 10.1 Å². The van der Waals surface area contributed by atoms with Crippen molar-refractivity contribution < 1.29 is 9.32 Å². The first-order valence-corrected chi connectivity index (χ1v) is 7.19. The van der Waals surface area contributed by atoms with E-state index < -0.39 is 0 Å². The monoisotopic (exact) mass is 301 g/mol. The van der Waals surface area contributed by atoms with Crippen molar-refractivity contribution in [1.29, 1.82) is 0 Å². The minimum atomic E-state index is -0.122. The number of carbonyl (C=O) groups is 1. The summed E-state index contributed by atoms with van der Waals surface area (Å²) in [5.74, 6) is 0.971. The SMILES string of the molecule is CC1CN(Cc2nc(N(C)C)no2)c2ccccc2NC1=O. The van der Waals surface area contributed by atoms with E-state index >= 15 is 0 Å². The van der Waals surface area contributed by atoms with Gasteiger partial charge < -0.3 is 19.6 Å². The van der Waals surface area contributed by atoms with E-state index in [2.05, 4.69) is 20.4 Å². The van der Waals surface area contributed by atoms with Crippen molar-refractivity contribution in [3.05, 3.63) is 30.2 Å². The Morgan fingerprint density at radius 2 is 2.18 bits per heavy atom. The molecule has 1 amide bonds. The summed E-state index contributed by atoms with van der Waals surface area (Å²) in [5, 5.41) is 6.88. The van der Waals surface area contributed by atoms with Crippen molar-refractivity contribution in [3.63, 3.8) is 0 Å². The second-order valence-electron chi connectivity index (χ2n) is 5.67. The van der Waals surface area contributed by atoms with Crippen LogP contribution in [0.15, 0.2) is 28.8 Å². The maximum absolute atomic E-state index is 12.1. The Labute approximate surface area is 128 Å². The number of hydrogen-bond acceptors (Lipinski definition) is 6. The van der Waals surface area contributed by atoms with Gasteiger partial charge >= 0.3 is 0 Å². The predicted molar refractivity (Wildman–Crippen MR) is 83.9 cm³/mol. The van der Waals surface area contributed by atoms with E-state index in [1.807, 2.05) is 45.3 Å². The van der Waals surface area contributed by atoms with Gasteiger partial charge in [-0.15, -0.1) is 0 Å². The summed E-state index contributed by atoms with van der Waals surface area (Å²) in [6.45, 7) is 2.98. The average molecular weight is 301 g/mol. The zero-order valence-corrected chi connectivity index (χ0v) is 12.9. The van der Waals surface area contributed by atoms with Gasteiger partial charge in [-0.2, -0.15) is 4.98 Å². The number of carbonyl (C=O) groups excluding carboxylic acids is 1. The Bertz CT molecular complexity index is 682. The normalized spacial score (nSPS) is 17.7. The van der Waals surface area contributed by atoms with E-state index in [9.17, 15) is 4.79 Å². The molecule has 0 aliphatic carbocycles. The van der Waals surface area contributed by atoms with Gasteiger partial charge in [-0.05, 0) is 17.3 Å². The number of hydrogen-bond donors (Lipinski definition) is 1. The molecule has 0 radical (unpaired) electrons. The largest absolute Gasteiger partial charge is 0.360 e. The van der Waals surface area contributed by atoms with Crippen LogP contribution in [0.25, 0.3) is 0 Å². The van der Waals surface area contributed by atoms with Gasteiger partial charge in [0.25, 0.3) is 5.95 Å². The number of benzene rings is 1. The van der Waals surface area contributed by atoms with E-state index in [0.717, 1.165) is 11.4 Å². The van der Waals surface area contributed by atoms with Gasteiger partial charge in [0.2, 0.25) is 11.8 Å². The van der Waals surface area contributed by atoms with Crippen LogP contribution in [-0.4, -0.2) is 36.7 Å². The molecular weight excluding hydrogens is 282 g/mol. The van der Waals surface area contributed by atoms with Crippen molar-refractivity contribution >= 4 is 23.2 Å². The maximum Gasteiger partial charge on any atom is 0.265 e. The van der Waals surface area contributed by atoms with Crippen LogP contribution in [-0.2, 0) is 11.3 Å². The zero-order chi connectivity index (χ0) is 15.7. The molecule has 0 spiro atoms. The van der Waals surface area contributed by atoms with Crippen LogP contribution in [0.5, 0.6) is 0 Å². The zero-order valence-electron chi connectivity index (χ0n) is 12.9. The molecule has 1 N–H and O–H groups in total. The van der Waals surface area contributed by atoms with Gasteiger partial charge in [-0.3, -0.25) is 4.79 Å². The van der Waals surface area contributed by atoms with Gasteiger partial charge in [0, 0.05) is 20.6 Å². The summed E-state index contributed by atoms with van der Waals surface area (Å²) in [7, 11) is 3.72. The molecule has 7 heteroatoms. The fraction of sp³-hybridized carbons (Fsp3) is 0.400. The van der Waals surface area contributed by atoms with Gasteiger partial charge in [0.05, 0.1) is 23.8 Å². The van der Waals surface area contributed by atoms with E-state index in [0.29, 0.717) is 24.9 Å². The molecule has 1 unspecified atom stereocenters.